The van der Waals surface area contributed by atoms with Gasteiger partial charge in [-0.05, 0) is 39.0 Å². The Labute approximate surface area is 128 Å². The van der Waals surface area contributed by atoms with Crippen LogP contribution in [0.15, 0.2) is 24.3 Å². The fourth-order valence-electron chi connectivity index (χ4n) is 3.24. The zero-order valence-electron chi connectivity index (χ0n) is 13.6. The van der Waals surface area contributed by atoms with E-state index in [1.807, 2.05) is 18.2 Å². The number of hydrogen-bond acceptors (Lipinski definition) is 4. The number of methoxy groups -OCH3 is 1. The first-order valence-electron chi connectivity index (χ1n) is 7.96. The van der Waals surface area contributed by atoms with Gasteiger partial charge >= 0.3 is 0 Å². The van der Waals surface area contributed by atoms with Gasteiger partial charge < -0.3 is 15.4 Å². The van der Waals surface area contributed by atoms with Gasteiger partial charge in [-0.3, -0.25) is 4.90 Å². The first-order valence-corrected chi connectivity index (χ1v) is 7.96. The molecule has 4 nitrogen and oxygen atoms in total. The Kier molecular flexibility index (Phi) is 6.03. The number of para-hydroxylation sites is 1. The summed E-state index contributed by atoms with van der Waals surface area (Å²) in [6.07, 6.45) is 2.38. The molecular formula is C17H29N3O. The van der Waals surface area contributed by atoms with Gasteiger partial charge in [0.25, 0.3) is 0 Å². The predicted molar refractivity (Wildman–Crippen MR) is 87.7 cm³/mol. The number of nitrogens with two attached hydrogens (primary N) is 1. The van der Waals surface area contributed by atoms with Crippen LogP contribution in [-0.4, -0.2) is 56.2 Å². The van der Waals surface area contributed by atoms with Crippen molar-refractivity contribution in [2.24, 2.45) is 5.73 Å². The highest BCUT2D eigenvalue weighted by atomic mass is 16.5. The van der Waals surface area contributed by atoms with Crippen LogP contribution < -0.4 is 10.5 Å². The van der Waals surface area contributed by atoms with E-state index in [4.69, 9.17) is 10.5 Å². The fourth-order valence-corrected chi connectivity index (χ4v) is 3.24. The normalized spacial score (nSPS) is 22.8. The van der Waals surface area contributed by atoms with E-state index in [0.29, 0.717) is 6.04 Å². The van der Waals surface area contributed by atoms with Gasteiger partial charge in [0.1, 0.15) is 5.75 Å². The SMILES string of the molecule is CCC1CN(C)CCCN1CC(N)c1ccccc1OC. The van der Waals surface area contributed by atoms with Crippen molar-refractivity contribution in [2.45, 2.75) is 31.8 Å². The topological polar surface area (TPSA) is 41.7 Å². The smallest absolute Gasteiger partial charge is 0.123 e. The number of ether oxygens (including phenoxy) is 1. The third-order valence-corrected chi connectivity index (χ3v) is 4.46. The predicted octanol–water partition coefficient (Wildman–Crippen LogP) is 2.11. The Bertz CT molecular complexity index is 438. The van der Waals surface area contributed by atoms with Crippen LogP contribution in [0.5, 0.6) is 5.75 Å². The summed E-state index contributed by atoms with van der Waals surface area (Å²) in [6.45, 7) is 6.61. The first kappa shape index (κ1) is 16.3. The highest BCUT2D eigenvalue weighted by Crippen LogP contribution is 2.25. The van der Waals surface area contributed by atoms with E-state index in [0.717, 1.165) is 30.9 Å². The van der Waals surface area contributed by atoms with Crippen LogP contribution >= 0.6 is 0 Å². The maximum absolute atomic E-state index is 6.47. The number of nitrogens with zero attached hydrogens (tertiary/aromatic N) is 2. The lowest BCUT2D eigenvalue weighted by Crippen LogP contribution is -2.43. The molecular weight excluding hydrogens is 262 g/mol. The van der Waals surface area contributed by atoms with Gasteiger partial charge in [0.2, 0.25) is 0 Å². The van der Waals surface area contributed by atoms with E-state index in [1.165, 1.54) is 19.4 Å². The Balaban J connectivity index is 2.08. The largest absolute Gasteiger partial charge is 0.496 e. The van der Waals surface area contributed by atoms with E-state index < -0.39 is 0 Å². The van der Waals surface area contributed by atoms with E-state index in [9.17, 15) is 0 Å². The third-order valence-electron chi connectivity index (χ3n) is 4.46. The summed E-state index contributed by atoms with van der Waals surface area (Å²) in [6, 6.07) is 8.68. The molecule has 0 saturated carbocycles. The molecule has 0 radical (unpaired) electrons. The highest BCUT2D eigenvalue weighted by molar-refractivity contribution is 5.35. The van der Waals surface area contributed by atoms with Gasteiger partial charge in [0.05, 0.1) is 7.11 Å². The van der Waals surface area contributed by atoms with Crippen LogP contribution in [0.1, 0.15) is 31.4 Å². The monoisotopic (exact) mass is 291 g/mol. The first-order chi connectivity index (χ1) is 10.2. The van der Waals surface area contributed by atoms with E-state index in [1.54, 1.807) is 7.11 Å². The molecule has 2 unspecified atom stereocenters. The molecule has 118 valence electrons. The summed E-state index contributed by atoms with van der Waals surface area (Å²) in [4.78, 5) is 4.99. The second-order valence-electron chi connectivity index (χ2n) is 6.02. The van der Waals surface area contributed by atoms with E-state index in [-0.39, 0.29) is 6.04 Å². The van der Waals surface area contributed by atoms with Gasteiger partial charge in [-0.15, -0.1) is 0 Å². The van der Waals surface area contributed by atoms with Crippen molar-refractivity contribution in [3.63, 3.8) is 0 Å². The molecule has 1 saturated heterocycles. The van der Waals surface area contributed by atoms with Crippen LogP contribution in [0, 0.1) is 0 Å². The fraction of sp³-hybridized carbons (Fsp3) is 0.647. The number of likely N-dealkylation sites (N-methyl/N-ethyl adjacent to an activating group) is 1. The molecule has 1 aliphatic rings. The van der Waals surface area contributed by atoms with Crippen LogP contribution in [0.4, 0.5) is 0 Å². The van der Waals surface area contributed by atoms with Crippen molar-refractivity contribution < 1.29 is 4.74 Å². The molecule has 21 heavy (non-hydrogen) atoms. The summed E-state index contributed by atoms with van der Waals surface area (Å²) in [7, 11) is 3.92. The van der Waals surface area contributed by atoms with Crippen LogP contribution in [-0.2, 0) is 0 Å². The summed E-state index contributed by atoms with van der Waals surface area (Å²) in [5.74, 6) is 0.894. The summed E-state index contributed by atoms with van der Waals surface area (Å²) < 4.78 is 5.44. The van der Waals surface area contributed by atoms with Crippen LogP contribution in [0.2, 0.25) is 0 Å². The van der Waals surface area contributed by atoms with Crippen molar-refractivity contribution >= 4 is 0 Å². The highest BCUT2D eigenvalue weighted by Gasteiger charge is 2.24. The molecule has 1 aromatic carbocycles. The molecule has 1 aromatic rings. The number of benzene rings is 1. The molecule has 0 aromatic heterocycles. The lowest BCUT2D eigenvalue weighted by Gasteiger charge is -2.32. The van der Waals surface area contributed by atoms with Crippen molar-refractivity contribution in [1.82, 2.24) is 9.80 Å². The lowest BCUT2D eigenvalue weighted by atomic mass is 10.0. The van der Waals surface area contributed by atoms with Gasteiger partial charge in [0, 0.05) is 30.7 Å². The van der Waals surface area contributed by atoms with Gasteiger partial charge in [0.15, 0.2) is 0 Å². The minimum absolute atomic E-state index is 0.00129. The molecule has 2 N–H and O–H groups in total. The van der Waals surface area contributed by atoms with Crippen molar-refractivity contribution in [2.75, 3.05) is 40.3 Å². The van der Waals surface area contributed by atoms with Crippen molar-refractivity contribution in [1.29, 1.82) is 0 Å². The Morgan fingerprint density at radius 1 is 1.33 bits per heavy atom. The third kappa shape index (κ3) is 4.19. The molecule has 0 aliphatic carbocycles. The minimum atomic E-state index is -0.00129. The van der Waals surface area contributed by atoms with Gasteiger partial charge in [-0.2, -0.15) is 0 Å². The number of rotatable bonds is 5. The zero-order chi connectivity index (χ0) is 15.2. The molecule has 4 heteroatoms. The van der Waals surface area contributed by atoms with Crippen LogP contribution in [0.3, 0.4) is 0 Å². The van der Waals surface area contributed by atoms with Crippen LogP contribution in [0.25, 0.3) is 0 Å². The second kappa shape index (κ2) is 7.78. The molecule has 0 bridgehead atoms. The lowest BCUT2D eigenvalue weighted by molar-refractivity contribution is 0.173. The number of hydrogen-bond donors (Lipinski definition) is 1. The van der Waals surface area contributed by atoms with E-state index in [2.05, 4.69) is 29.8 Å². The molecule has 1 heterocycles. The second-order valence-corrected chi connectivity index (χ2v) is 6.02. The average Bonchev–Trinajstić information content (AvgIpc) is 2.68. The minimum Gasteiger partial charge on any atom is -0.496 e. The summed E-state index contributed by atoms with van der Waals surface area (Å²) >= 11 is 0. The molecule has 0 spiro atoms. The van der Waals surface area contributed by atoms with Gasteiger partial charge in [-0.25, -0.2) is 0 Å². The Hall–Kier alpha value is -1.10. The molecule has 1 aliphatic heterocycles. The maximum Gasteiger partial charge on any atom is 0.123 e. The zero-order valence-corrected chi connectivity index (χ0v) is 13.6. The van der Waals surface area contributed by atoms with E-state index >= 15 is 0 Å². The Morgan fingerprint density at radius 2 is 2.10 bits per heavy atom. The van der Waals surface area contributed by atoms with Crippen molar-refractivity contribution in [3.8, 4) is 5.75 Å². The van der Waals surface area contributed by atoms with Gasteiger partial charge in [-0.1, -0.05) is 25.1 Å². The average molecular weight is 291 g/mol. The molecule has 1 fully saturated rings. The quantitative estimate of drug-likeness (QED) is 0.902. The molecule has 2 atom stereocenters. The molecule has 2 rings (SSSR count). The maximum atomic E-state index is 6.47. The standard InChI is InChI=1S/C17H29N3O/c1-4-14-12-19(2)10-7-11-20(14)13-16(18)15-8-5-6-9-17(15)21-3/h5-6,8-9,14,16H,4,7,10-13,18H2,1-3H3. The van der Waals surface area contributed by atoms with Crippen molar-refractivity contribution in [3.05, 3.63) is 29.8 Å². The summed E-state index contributed by atoms with van der Waals surface area (Å²) in [5.41, 5.74) is 7.57. The summed E-state index contributed by atoms with van der Waals surface area (Å²) in [5, 5.41) is 0. The Morgan fingerprint density at radius 3 is 2.81 bits per heavy atom. The molecule has 0 amide bonds.